The lowest BCUT2D eigenvalue weighted by atomic mass is 10.1. The Hall–Kier alpha value is -1.99. The van der Waals surface area contributed by atoms with E-state index in [-0.39, 0.29) is 11.9 Å². The summed E-state index contributed by atoms with van der Waals surface area (Å²) in [6.07, 6.45) is 0.547. The average Bonchev–Trinajstić information content (AvgIpc) is 2.98. The first-order valence-corrected chi connectivity index (χ1v) is 7.87. The van der Waals surface area contributed by atoms with Crippen molar-refractivity contribution in [1.29, 1.82) is 0 Å². The van der Waals surface area contributed by atoms with Crippen molar-refractivity contribution in [2.24, 2.45) is 0 Å². The van der Waals surface area contributed by atoms with Gasteiger partial charge < -0.3 is 14.7 Å². The second-order valence-electron chi connectivity index (χ2n) is 6.44. The van der Waals surface area contributed by atoms with Gasteiger partial charge >= 0.3 is 0 Å². The number of carbonyl (C=O) groups excluding carboxylic acids is 1. The summed E-state index contributed by atoms with van der Waals surface area (Å²) in [6, 6.07) is 6.02. The van der Waals surface area contributed by atoms with E-state index >= 15 is 0 Å². The van der Waals surface area contributed by atoms with Gasteiger partial charge in [0.1, 0.15) is 11.0 Å². The van der Waals surface area contributed by atoms with Gasteiger partial charge in [0.2, 0.25) is 5.91 Å². The number of hydrogen-bond acceptors (Lipinski definition) is 6. The number of piperazine rings is 1. The maximum Gasteiger partial charge on any atom is 0.224 e. The van der Waals surface area contributed by atoms with E-state index in [0.29, 0.717) is 13.0 Å². The lowest BCUT2D eigenvalue weighted by molar-refractivity contribution is -0.132. The van der Waals surface area contributed by atoms with Crippen LogP contribution in [0.2, 0.25) is 0 Å². The highest BCUT2D eigenvalue weighted by Gasteiger charge is 2.25. The molecule has 1 aliphatic rings. The van der Waals surface area contributed by atoms with Gasteiger partial charge in [-0.05, 0) is 42.1 Å². The van der Waals surface area contributed by atoms with Gasteiger partial charge in [0.25, 0.3) is 0 Å². The number of hydrogen-bond donors (Lipinski definition) is 0. The lowest BCUT2D eigenvalue weighted by Gasteiger charge is -2.38. The maximum absolute atomic E-state index is 12.5. The highest BCUT2D eigenvalue weighted by atomic mass is 16.6. The smallest absolute Gasteiger partial charge is 0.224 e. The van der Waals surface area contributed by atoms with Crippen molar-refractivity contribution in [3.8, 4) is 0 Å². The van der Waals surface area contributed by atoms with Crippen molar-refractivity contribution in [3.63, 3.8) is 0 Å². The van der Waals surface area contributed by atoms with Crippen LogP contribution in [0.1, 0.15) is 12.0 Å². The summed E-state index contributed by atoms with van der Waals surface area (Å²) in [7, 11) is 6.05. The molecule has 0 aliphatic carbocycles. The summed E-state index contributed by atoms with van der Waals surface area (Å²) in [5, 5.41) is 7.63. The predicted molar refractivity (Wildman–Crippen MR) is 86.8 cm³/mol. The topological polar surface area (TPSA) is 65.7 Å². The van der Waals surface area contributed by atoms with Crippen LogP contribution in [-0.4, -0.2) is 77.7 Å². The molecule has 1 aromatic heterocycles. The van der Waals surface area contributed by atoms with Gasteiger partial charge in [-0.15, -0.1) is 0 Å². The van der Waals surface area contributed by atoms with E-state index in [9.17, 15) is 4.79 Å². The zero-order chi connectivity index (χ0) is 16.4. The highest BCUT2D eigenvalue weighted by Crippen LogP contribution is 2.15. The molecule has 0 saturated carbocycles. The summed E-state index contributed by atoms with van der Waals surface area (Å²) in [6.45, 7) is 3.57. The monoisotopic (exact) mass is 317 g/mol. The Morgan fingerprint density at radius 2 is 2.09 bits per heavy atom. The molecule has 7 heteroatoms. The van der Waals surface area contributed by atoms with E-state index in [2.05, 4.69) is 34.2 Å². The number of amides is 1. The number of carbonyl (C=O) groups is 1. The summed E-state index contributed by atoms with van der Waals surface area (Å²) >= 11 is 0. The molecule has 1 aliphatic heterocycles. The van der Waals surface area contributed by atoms with Gasteiger partial charge in [-0.25, -0.2) is 4.63 Å². The van der Waals surface area contributed by atoms with Crippen LogP contribution in [0.5, 0.6) is 0 Å². The van der Waals surface area contributed by atoms with E-state index < -0.39 is 0 Å². The molecular weight excluding hydrogens is 294 g/mol. The third kappa shape index (κ3) is 3.68. The standard InChI is InChI=1S/C16H23N5O2/c1-19-6-7-20(2)13(11-19)9-16(22)21(3)10-12-4-5-14-15(8-12)18-23-17-14/h4-5,8,13H,6-7,9-11H2,1-3H3/t13-/m0/s1. The summed E-state index contributed by atoms with van der Waals surface area (Å²) in [5.41, 5.74) is 2.48. The van der Waals surface area contributed by atoms with Crippen molar-refractivity contribution >= 4 is 16.9 Å². The number of nitrogens with zero attached hydrogens (tertiary/aromatic N) is 5. The minimum Gasteiger partial charge on any atom is -0.341 e. The Balaban J connectivity index is 1.60. The van der Waals surface area contributed by atoms with Crippen LogP contribution in [0.4, 0.5) is 0 Å². The number of benzene rings is 1. The summed E-state index contributed by atoms with van der Waals surface area (Å²) in [5.74, 6) is 0.163. The largest absolute Gasteiger partial charge is 0.341 e. The fourth-order valence-corrected chi connectivity index (χ4v) is 2.97. The zero-order valence-corrected chi connectivity index (χ0v) is 13.9. The van der Waals surface area contributed by atoms with Crippen LogP contribution in [0.15, 0.2) is 22.8 Å². The minimum atomic E-state index is 0.163. The molecule has 1 amide bonds. The SMILES string of the molecule is CN1CCN(C)[C@@H](CC(=O)N(C)Cc2ccc3nonc3c2)C1. The number of likely N-dealkylation sites (N-methyl/N-ethyl adjacent to an activating group) is 2. The van der Waals surface area contributed by atoms with Crippen molar-refractivity contribution in [2.75, 3.05) is 40.8 Å². The van der Waals surface area contributed by atoms with E-state index in [0.717, 1.165) is 36.2 Å². The summed E-state index contributed by atoms with van der Waals surface area (Å²) < 4.78 is 4.70. The molecule has 2 heterocycles. The molecule has 1 fully saturated rings. The lowest BCUT2D eigenvalue weighted by Crippen LogP contribution is -2.51. The van der Waals surface area contributed by atoms with E-state index in [1.165, 1.54) is 0 Å². The zero-order valence-electron chi connectivity index (χ0n) is 13.9. The van der Waals surface area contributed by atoms with Crippen LogP contribution in [0.3, 0.4) is 0 Å². The number of fused-ring (bicyclic) bond motifs is 1. The van der Waals surface area contributed by atoms with Crippen molar-refractivity contribution in [3.05, 3.63) is 23.8 Å². The first kappa shape index (κ1) is 15.9. The van der Waals surface area contributed by atoms with Crippen LogP contribution in [0.25, 0.3) is 11.0 Å². The first-order valence-electron chi connectivity index (χ1n) is 7.87. The minimum absolute atomic E-state index is 0.163. The maximum atomic E-state index is 12.5. The van der Waals surface area contributed by atoms with Crippen molar-refractivity contribution in [2.45, 2.75) is 19.0 Å². The van der Waals surface area contributed by atoms with Crippen LogP contribution < -0.4 is 0 Å². The fourth-order valence-electron chi connectivity index (χ4n) is 2.97. The molecule has 0 radical (unpaired) electrons. The fraction of sp³-hybridized carbons (Fsp3) is 0.562. The molecule has 2 aromatic rings. The Kier molecular flexibility index (Phi) is 4.58. The van der Waals surface area contributed by atoms with Crippen LogP contribution in [-0.2, 0) is 11.3 Å². The number of aromatic nitrogens is 2. The molecule has 124 valence electrons. The molecular formula is C16H23N5O2. The van der Waals surface area contributed by atoms with Gasteiger partial charge in [-0.2, -0.15) is 0 Å². The van der Waals surface area contributed by atoms with E-state index in [4.69, 9.17) is 4.63 Å². The first-order chi connectivity index (χ1) is 11.0. The van der Waals surface area contributed by atoms with Crippen LogP contribution in [0, 0.1) is 0 Å². The third-order valence-corrected chi connectivity index (χ3v) is 4.55. The third-order valence-electron chi connectivity index (χ3n) is 4.55. The van der Waals surface area contributed by atoms with Gasteiger partial charge in [-0.1, -0.05) is 6.07 Å². The second-order valence-corrected chi connectivity index (χ2v) is 6.44. The molecule has 0 N–H and O–H groups in total. The Morgan fingerprint density at radius 3 is 2.91 bits per heavy atom. The van der Waals surface area contributed by atoms with Gasteiger partial charge in [0.05, 0.1) is 0 Å². The van der Waals surface area contributed by atoms with Crippen molar-refractivity contribution in [1.82, 2.24) is 25.0 Å². The predicted octanol–water partition coefficient (Wildman–Crippen LogP) is 0.817. The van der Waals surface area contributed by atoms with E-state index in [1.807, 2.05) is 25.2 Å². The number of rotatable bonds is 4. The average molecular weight is 317 g/mol. The van der Waals surface area contributed by atoms with Crippen LogP contribution >= 0.6 is 0 Å². The molecule has 7 nitrogen and oxygen atoms in total. The van der Waals surface area contributed by atoms with E-state index in [1.54, 1.807) is 4.90 Å². The Morgan fingerprint density at radius 1 is 1.30 bits per heavy atom. The van der Waals surface area contributed by atoms with Gasteiger partial charge in [0, 0.05) is 45.7 Å². The van der Waals surface area contributed by atoms with Gasteiger partial charge in [0.15, 0.2) is 0 Å². The van der Waals surface area contributed by atoms with Gasteiger partial charge in [-0.3, -0.25) is 4.79 Å². The molecule has 0 bridgehead atoms. The highest BCUT2D eigenvalue weighted by molar-refractivity contribution is 5.77. The molecule has 0 unspecified atom stereocenters. The normalized spacial score (nSPS) is 20.0. The second kappa shape index (κ2) is 6.64. The Labute approximate surface area is 135 Å². The summed E-state index contributed by atoms with van der Waals surface area (Å²) in [4.78, 5) is 18.8. The molecule has 1 saturated heterocycles. The molecule has 1 aromatic carbocycles. The molecule has 1 atom stereocenters. The molecule has 0 spiro atoms. The quantitative estimate of drug-likeness (QED) is 0.832. The van der Waals surface area contributed by atoms with Crippen molar-refractivity contribution < 1.29 is 9.42 Å². The molecule has 23 heavy (non-hydrogen) atoms. The molecule has 3 rings (SSSR count). The Bertz CT molecular complexity index is 686.